The number of carbonyl (C=O) groups is 2. The maximum atomic E-state index is 13.4. The molecule has 1 amide bonds. The number of ketones is 1. The summed E-state index contributed by atoms with van der Waals surface area (Å²) in [5, 5.41) is 21.6. The number of ether oxygens (including phenoxy) is 2. The molecule has 0 radical (unpaired) electrons. The molecule has 1 unspecified atom stereocenters. The van der Waals surface area contributed by atoms with E-state index in [0.717, 1.165) is 0 Å². The summed E-state index contributed by atoms with van der Waals surface area (Å²) < 4.78 is 10.9. The molecule has 36 heavy (non-hydrogen) atoms. The van der Waals surface area contributed by atoms with Gasteiger partial charge in [0.2, 0.25) is 5.95 Å². The molecule has 9 heteroatoms. The minimum absolute atomic E-state index is 0.0917. The number of aromatic amines is 1. The normalized spacial score (nSPS) is 17.1. The van der Waals surface area contributed by atoms with Crippen molar-refractivity contribution in [3.05, 3.63) is 83.4 Å². The zero-order chi connectivity index (χ0) is 25.4. The highest BCUT2D eigenvalue weighted by molar-refractivity contribution is 6.51. The number of aliphatic hydroxyl groups is 1. The van der Waals surface area contributed by atoms with E-state index in [1.165, 1.54) is 18.1 Å². The lowest BCUT2D eigenvalue weighted by atomic mass is 9.94. The van der Waals surface area contributed by atoms with Gasteiger partial charge in [-0.1, -0.05) is 30.3 Å². The Morgan fingerprint density at radius 1 is 1.06 bits per heavy atom. The molecule has 0 saturated carbocycles. The summed E-state index contributed by atoms with van der Waals surface area (Å²) >= 11 is 0. The number of aromatic hydroxyl groups is 1. The van der Waals surface area contributed by atoms with E-state index in [1.807, 2.05) is 12.1 Å². The summed E-state index contributed by atoms with van der Waals surface area (Å²) in [5.74, 6) is -1.55. The average Bonchev–Trinajstić information content (AvgIpc) is 3.43. The van der Waals surface area contributed by atoms with Gasteiger partial charge in [-0.05, 0) is 48.9 Å². The number of fused-ring (bicyclic) bond motifs is 1. The van der Waals surface area contributed by atoms with Gasteiger partial charge in [0.25, 0.3) is 5.78 Å². The Morgan fingerprint density at radius 2 is 1.81 bits per heavy atom. The lowest BCUT2D eigenvalue weighted by Gasteiger charge is -2.24. The zero-order valence-corrected chi connectivity index (χ0v) is 19.6. The maximum absolute atomic E-state index is 13.4. The van der Waals surface area contributed by atoms with Crippen molar-refractivity contribution >= 4 is 34.4 Å². The van der Waals surface area contributed by atoms with E-state index in [0.29, 0.717) is 29.0 Å². The molecule has 182 valence electrons. The lowest BCUT2D eigenvalue weighted by Crippen LogP contribution is -2.30. The topological polar surface area (TPSA) is 125 Å². The Morgan fingerprint density at radius 3 is 2.56 bits per heavy atom. The summed E-state index contributed by atoms with van der Waals surface area (Å²) in [7, 11) is 1.45. The van der Waals surface area contributed by atoms with Gasteiger partial charge in [-0.25, -0.2) is 4.98 Å². The van der Waals surface area contributed by atoms with E-state index < -0.39 is 17.7 Å². The maximum Gasteiger partial charge on any atom is 0.302 e. The van der Waals surface area contributed by atoms with Gasteiger partial charge < -0.3 is 24.7 Å². The molecule has 1 atom stereocenters. The number of amides is 1. The molecule has 1 aliphatic heterocycles. The number of H-pyrrole nitrogens is 1. The van der Waals surface area contributed by atoms with E-state index in [2.05, 4.69) is 9.97 Å². The third kappa shape index (κ3) is 3.70. The van der Waals surface area contributed by atoms with Crippen molar-refractivity contribution in [3.63, 3.8) is 0 Å². The Labute approximate surface area is 206 Å². The molecule has 0 spiro atoms. The Hall–Kier alpha value is -4.79. The number of carbonyl (C=O) groups excluding carboxylic acids is 2. The minimum Gasteiger partial charge on any atom is -0.507 e. The van der Waals surface area contributed by atoms with Gasteiger partial charge in [-0.15, -0.1) is 0 Å². The highest BCUT2D eigenvalue weighted by atomic mass is 16.5. The van der Waals surface area contributed by atoms with Gasteiger partial charge in [-0.2, -0.15) is 0 Å². The first-order valence-corrected chi connectivity index (χ1v) is 11.3. The number of hydrogen-bond donors (Lipinski definition) is 3. The van der Waals surface area contributed by atoms with Gasteiger partial charge in [0.15, 0.2) is 11.5 Å². The number of nitrogens with zero attached hydrogens (tertiary/aromatic N) is 2. The van der Waals surface area contributed by atoms with Crippen LogP contribution < -0.4 is 14.4 Å². The molecule has 5 rings (SSSR count). The van der Waals surface area contributed by atoms with Gasteiger partial charge in [0, 0.05) is 0 Å². The van der Waals surface area contributed by atoms with Crippen molar-refractivity contribution in [2.45, 2.75) is 13.0 Å². The van der Waals surface area contributed by atoms with E-state index in [4.69, 9.17) is 9.47 Å². The summed E-state index contributed by atoms with van der Waals surface area (Å²) in [6.45, 7) is 2.07. The number of nitrogens with one attached hydrogen (secondary N) is 1. The minimum atomic E-state index is -1.06. The highest BCUT2D eigenvalue weighted by Gasteiger charge is 2.48. The molecule has 9 nitrogen and oxygen atoms in total. The Kier molecular flexibility index (Phi) is 5.81. The smallest absolute Gasteiger partial charge is 0.302 e. The van der Waals surface area contributed by atoms with Crippen LogP contribution in [0.25, 0.3) is 16.8 Å². The predicted octanol–water partition coefficient (Wildman–Crippen LogP) is 4.30. The fraction of sp³-hybridized carbons (Fsp3) is 0.148. The number of anilines is 1. The van der Waals surface area contributed by atoms with Crippen molar-refractivity contribution in [2.24, 2.45) is 0 Å². The van der Waals surface area contributed by atoms with Crippen LogP contribution in [0, 0.1) is 0 Å². The monoisotopic (exact) mass is 485 g/mol. The first-order chi connectivity index (χ1) is 17.4. The Bertz CT molecular complexity index is 1490. The van der Waals surface area contributed by atoms with E-state index in [1.54, 1.807) is 55.5 Å². The van der Waals surface area contributed by atoms with Crippen molar-refractivity contribution in [3.8, 4) is 17.2 Å². The number of Topliss-reactive ketones (excluding diaryl/α,β-unsaturated/α-hetero) is 1. The number of benzene rings is 3. The highest BCUT2D eigenvalue weighted by Crippen LogP contribution is 2.44. The SMILES string of the molecule is CCOc1cc(C2/C(=C(\O)c3ccccc3OC)C(=O)C(=O)N2c2nc3ccccc3[nH]2)ccc1O. The number of phenolic OH excluding ortho intramolecular Hbond substituents is 1. The van der Waals surface area contributed by atoms with Gasteiger partial charge in [0.05, 0.1) is 41.9 Å². The zero-order valence-electron chi connectivity index (χ0n) is 19.6. The van der Waals surface area contributed by atoms with Crippen LogP contribution in [0.5, 0.6) is 17.2 Å². The summed E-state index contributed by atoms with van der Waals surface area (Å²) in [4.78, 5) is 35.6. The van der Waals surface area contributed by atoms with Crippen LogP contribution in [-0.2, 0) is 9.59 Å². The first-order valence-electron chi connectivity index (χ1n) is 11.3. The van der Waals surface area contributed by atoms with Crippen LogP contribution >= 0.6 is 0 Å². The fourth-order valence-corrected chi connectivity index (χ4v) is 4.38. The van der Waals surface area contributed by atoms with Gasteiger partial charge in [0.1, 0.15) is 11.5 Å². The molecule has 4 aromatic rings. The quantitative estimate of drug-likeness (QED) is 0.211. The first kappa shape index (κ1) is 23.0. The number of phenols is 1. The fourth-order valence-electron chi connectivity index (χ4n) is 4.38. The van der Waals surface area contributed by atoms with Gasteiger partial charge >= 0.3 is 5.91 Å². The second kappa shape index (κ2) is 9.10. The summed E-state index contributed by atoms with van der Waals surface area (Å²) in [5.41, 5.74) is 1.85. The van der Waals surface area contributed by atoms with Crippen LogP contribution in [0.3, 0.4) is 0 Å². The largest absolute Gasteiger partial charge is 0.507 e. The molecule has 1 aliphatic rings. The van der Waals surface area contributed by atoms with Crippen LogP contribution in [0.2, 0.25) is 0 Å². The summed E-state index contributed by atoms with van der Waals surface area (Å²) in [6.07, 6.45) is 0. The molecular formula is C27H23N3O6. The molecule has 0 aliphatic carbocycles. The van der Waals surface area contributed by atoms with Crippen molar-refractivity contribution in [1.82, 2.24) is 9.97 Å². The number of aliphatic hydroxyl groups excluding tert-OH is 1. The molecular weight excluding hydrogens is 462 g/mol. The van der Waals surface area contributed by atoms with E-state index in [9.17, 15) is 19.8 Å². The number of aromatic nitrogens is 2. The molecule has 3 aromatic carbocycles. The van der Waals surface area contributed by atoms with Crippen LogP contribution in [0.15, 0.2) is 72.3 Å². The van der Waals surface area contributed by atoms with Crippen molar-refractivity contribution in [2.75, 3.05) is 18.6 Å². The summed E-state index contributed by atoms with van der Waals surface area (Å²) in [6, 6.07) is 17.4. The Balaban J connectivity index is 1.76. The third-order valence-electron chi connectivity index (χ3n) is 6.01. The molecule has 3 N–H and O–H groups in total. The van der Waals surface area contributed by atoms with Crippen molar-refractivity contribution in [1.29, 1.82) is 0 Å². The molecule has 1 aromatic heterocycles. The second-order valence-corrected chi connectivity index (χ2v) is 8.11. The van der Waals surface area contributed by atoms with E-state index in [-0.39, 0.29) is 34.3 Å². The lowest BCUT2D eigenvalue weighted by molar-refractivity contribution is -0.132. The average molecular weight is 485 g/mol. The molecule has 0 bridgehead atoms. The van der Waals surface area contributed by atoms with Crippen LogP contribution in [0.4, 0.5) is 5.95 Å². The number of hydrogen-bond acceptors (Lipinski definition) is 7. The number of para-hydroxylation sites is 3. The standard InChI is InChI=1S/C27H23N3O6/c1-3-36-21-14-15(12-13-19(21)31)23-22(24(32)16-8-4-7-11-20(16)35-2)25(33)26(34)30(23)27-28-17-9-5-6-10-18(17)29-27/h4-14,23,31-32H,3H2,1-2H3,(H,28,29)/b24-22+. The third-order valence-corrected chi connectivity index (χ3v) is 6.01. The predicted molar refractivity (Wildman–Crippen MR) is 133 cm³/mol. The van der Waals surface area contributed by atoms with Crippen molar-refractivity contribution < 1.29 is 29.3 Å². The van der Waals surface area contributed by atoms with Crippen LogP contribution in [-0.4, -0.2) is 45.6 Å². The van der Waals surface area contributed by atoms with E-state index >= 15 is 0 Å². The number of imidazole rings is 1. The number of rotatable bonds is 6. The molecule has 2 heterocycles. The molecule has 1 fully saturated rings. The van der Waals surface area contributed by atoms with Gasteiger partial charge in [-0.3, -0.25) is 14.5 Å². The number of methoxy groups -OCH3 is 1. The second-order valence-electron chi connectivity index (χ2n) is 8.11. The molecule has 1 saturated heterocycles. The van der Waals surface area contributed by atoms with Crippen LogP contribution in [0.1, 0.15) is 24.1 Å².